The highest BCUT2D eigenvalue weighted by Crippen LogP contribution is 2.34. The van der Waals surface area contributed by atoms with Crippen LogP contribution >= 0.6 is 24.8 Å². The predicted molar refractivity (Wildman–Crippen MR) is 98.9 cm³/mol. The van der Waals surface area contributed by atoms with Crippen molar-refractivity contribution in [1.29, 1.82) is 0 Å². The van der Waals surface area contributed by atoms with Crippen molar-refractivity contribution < 1.29 is 4.74 Å². The largest absolute Gasteiger partial charge is 0.375 e. The summed E-state index contributed by atoms with van der Waals surface area (Å²) in [6.45, 7) is 4.20. The molecule has 6 heteroatoms. The SMILES string of the molecule is CN(CCc1ccccn1)C1CCOC2(CCNCC2)C1.Cl.Cl. The molecule has 0 radical (unpaired) electrons. The van der Waals surface area contributed by atoms with E-state index in [1.54, 1.807) is 0 Å². The molecule has 2 fully saturated rings. The Bertz CT molecular complexity index is 435. The molecule has 3 rings (SSSR count). The molecule has 3 heterocycles. The van der Waals surface area contributed by atoms with E-state index < -0.39 is 0 Å². The smallest absolute Gasteiger partial charge is 0.0721 e. The highest BCUT2D eigenvalue weighted by atomic mass is 35.5. The summed E-state index contributed by atoms with van der Waals surface area (Å²) in [5, 5.41) is 3.45. The number of pyridine rings is 1. The first-order valence-electron chi connectivity index (χ1n) is 8.22. The van der Waals surface area contributed by atoms with Gasteiger partial charge in [-0.3, -0.25) is 4.98 Å². The first-order valence-corrected chi connectivity index (χ1v) is 8.22. The molecule has 2 aliphatic rings. The molecule has 1 atom stereocenters. The second-order valence-electron chi connectivity index (χ2n) is 6.48. The number of nitrogens with zero attached hydrogens (tertiary/aromatic N) is 2. The molecule has 1 aromatic heterocycles. The second kappa shape index (κ2) is 9.80. The van der Waals surface area contributed by atoms with E-state index in [2.05, 4.69) is 34.4 Å². The molecule has 132 valence electrons. The van der Waals surface area contributed by atoms with E-state index in [0.29, 0.717) is 6.04 Å². The van der Waals surface area contributed by atoms with Gasteiger partial charge in [0.15, 0.2) is 0 Å². The molecule has 2 saturated heterocycles. The lowest BCUT2D eigenvalue weighted by molar-refractivity contribution is -0.118. The fraction of sp³-hybridized carbons (Fsp3) is 0.706. The van der Waals surface area contributed by atoms with Crippen molar-refractivity contribution in [2.24, 2.45) is 0 Å². The topological polar surface area (TPSA) is 37.4 Å². The number of likely N-dealkylation sites (N-methyl/N-ethyl adjacent to an activating group) is 1. The van der Waals surface area contributed by atoms with Gasteiger partial charge < -0.3 is 15.0 Å². The number of nitrogens with one attached hydrogen (secondary N) is 1. The maximum atomic E-state index is 6.17. The number of piperidine rings is 1. The number of hydrogen-bond donors (Lipinski definition) is 1. The van der Waals surface area contributed by atoms with Gasteiger partial charge in [0.1, 0.15) is 0 Å². The number of rotatable bonds is 4. The van der Waals surface area contributed by atoms with Crippen LogP contribution in [0.2, 0.25) is 0 Å². The van der Waals surface area contributed by atoms with Gasteiger partial charge in [-0.25, -0.2) is 0 Å². The van der Waals surface area contributed by atoms with Crippen molar-refractivity contribution >= 4 is 24.8 Å². The summed E-state index contributed by atoms with van der Waals surface area (Å²) in [4.78, 5) is 6.93. The lowest BCUT2D eigenvalue weighted by atomic mass is 9.82. The van der Waals surface area contributed by atoms with Crippen LogP contribution in [0.5, 0.6) is 0 Å². The van der Waals surface area contributed by atoms with Crippen LogP contribution in [0.15, 0.2) is 24.4 Å². The molecule has 1 N–H and O–H groups in total. The zero-order chi connectivity index (χ0) is 14.5. The minimum absolute atomic E-state index is 0. The summed E-state index contributed by atoms with van der Waals surface area (Å²) in [6.07, 6.45) is 7.59. The molecule has 0 aromatic carbocycles. The van der Waals surface area contributed by atoms with E-state index in [0.717, 1.165) is 51.9 Å². The molecular weight excluding hydrogens is 333 g/mol. The molecule has 0 aliphatic carbocycles. The number of aromatic nitrogens is 1. The van der Waals surface area contributed by atoms with E-state index in [4.69, 9.17) is 4.74 Å². The van der Waals surface area contributed by atoms with Gasteiger partial charge in [-0.15, -0.1) is 24.8 Å². The van der Waals surface area contributed by atoms with Gasteiger partial charge in [0.2, 0.25) is 0 Å². The molecular formula is C17H29Cl2N3O. The highest BCUT2D eigenvalue weighted by molar-refractivity contribution is 5.85. The Morgan fingerprint density at radius 1 is 1.30 bits per heavy atom. The first kappa shape index (κ1) is 20.7. The molecule has 23 heavy (non-hydrogen) atoms. The van der Waals surface area contributed by atoms with Gasteiger partial charge in [-0.05, 0) is 58.0 Å². The fourth-order valence-electron chi connectivity index (χ4n) is 3.63. The van der Waals surface area contributed by atoms with Crippen molar-refractivity contribution in [3.8, 4) is 0 Å². The maximum absolute atomic E-state index is 6.17. The summed E-state index contributed by atoms with van der Waals surface area (Å²) >= 11 is 0. The van der Waals surface area contributed by atoms with E-state index in [-0.39, 0.29) is 30.4 Å². The Morgan fingerprint density at radius 2 is 2.09 bits per heavy atom. The van der Waals surface area contributed by atoms with Gasteiger partial charge in [-0.2, -0.15) is 0 Å². The Balaban J connectivity index is 0.00000132. The minimum atomic E-state index is 0. The molecule has 0 bridgehead atoms. The van der Waals surface area contributed by atoms with Gasteiger partial charge in [0.05, 0.1) is 5.60 Å². The molecule has 0 saturated carbocycles. The second-order valence-corrected chi connectivity index (χ2v) is 6.48. The van der Waals surface area contributed by atoms with E-state index in [1.165, 1.54) is 12.1 Å². The third-order valence-corrected chi connectivity index (χ3v) is 5.05. The Hall–Kier alpha value is -0.390. The summed E-state index contributed by atoms with van der Waals surface area (Å²) in [7, 11) is 2.26. The average Bonchev–Trinajstić information content (AvgIpc) is 2.54. The molecule has 4 nitrogen and oxygen atoms in total. The van der Waals surface area contributed by atoms with Crippen molar-refractivity contribution in [3.63, 3.8) is 0 Å². The van der Waals surface area contributed by atoms with Crippen LogP contribution in [0.25, 0.3) is 0 Å². The Labute approximate surface area is 152 Å². The van der Waals surface area contributed by atoms with Gasteiger partial charge in [0.25, 0.3) is 0 Å². The zero-order valence-electron chi connectivity index (χ0n) is 13.9. The highest BCUT2D eigenvalue weighted by Gasteiger charge is 2.39. The molecule has 1 aromatic rings. The number of hydrogen-bond acceptors (Lipinski definition) is 4. The van der Waals surface area contributed by atoms with Crippen LogP contribution < -0.4 is 5.32 Å². The minimum Gasteiger partial charge on any atom is -0.375 e. The third-order valence-electron chi connectivity index (χ3n) is 5.05. The van der Waals surface area contributed by atoms with E-state index >= 15 is 0 Å². The first-order chi connectivity index (χ1) is 10.3. The standard InChI is InChI=1S/C17H27N3O.2ClH/c1-20(12-5-15-4-2-3-9-19-15)16-6-13-21-17(14-16)7-10-18-11-8-17;;/h2-4,9,16,18H,5-8,10-14H2,1H3;2*1H. The lowest BCUT2D eigenvalue weighted by Gasteiger charge is -2.46. The van der Waals surface area contributed by atoms with Crippen LogP contribution in [-0.4, -0.2) is 54.8 Å². The van der Waals surface area contributed by atoms with Crippen LogP contribution in [0.3, 0.4) is 0 Å². The Morgan fingerprint density at radius 3 is 2.78 bits per heavy atom. The molecule has 1 unspecified atom stereocenters. The van der Waals surface area contributed by atoms with Gasteiger partial charge in [0, 0.05) is 37.5 Å². The average molecular weight is 362 g/mol. The van der Waals surface area contributed by atoms with Crippen molar-refractivity contribution in [3.05, 3.63) is 30.1 Å². The van der Waals surface area contributed by atoms with Crippen LogP contribution in [0, 0.1) is 0 Å². The van der Waals surface area contributed by atoms with Crippen LogP contribution in [0.4, 0.5) is 0 Å². The summed E-state index contributed by atoms with van der Waals surface area (Å²) in [6, 6.07) is 6.82. The third kappa shape index (κ3) is 5.57. The van der Waals surface area contributed by atoms with Crippen molar-refractivity contribution in [2.75, 3.05) is 33.3 Å². The van der Waals surface area contributed by atoms with Crippen molar-refractivity contribution in [2.45, 2.75) is 43.7 Å². The fourth-order valence-corrected chi connectivity index (χ4v) is 3.63. The normalized spacial score (nSPS) is 23.1. The zero-order valence-corrected chi connectivity index (χ0v) is 15.5. The van der Waals surface area contributed by atoms with Crippen LogP contribution in [-0.2, 0) is 11.2 Å². The van der Waals surface area contributed by atoms with Gasteiger partial charge >= 0.3 is 0 Å². The lowest BCUT2D eigenvalue weighted by Crippen LogP contribution is -2.52. The van der Waals surface area contributed by atoms with Gasteiger partial charge in [-0.1, -0.05) is 6.07 Å². The predicted octanol–water partition coefficient (Wildman–Crippen LogP) is 2.70. The molecule has 1 spiro atoms. The van der Waals surface area contributed by atoms with E-state index in [9.17, 15) is 0 Å². The van der Waals surface area contributed by atoms with Crippen molar-refractivity contribution in [1.82, 2.24) is 15.2 Å². The molecule has 2 aliphatic heterocycles. The maximum Gasteiger partial charge on any atom is 0.0721 e. The molecule has 0 amide bonds. The van der Waals surface area contributed by atoms with E-state index in [1.807, 2.05) is 12.3 Å². The number of halogens is 2. The quantitative estimate of drug-likeness (QED) is 0.894. The summed E-state index contributed by atoms with van der Waals surface area (Å²) < 4.78 is 6.17. The number of ether oxygens (including phenoxy) is 1. The summed E-state index contributed by atoms with van der Waals surface area (Å²) in [5.41, 5.74) is 1.33. The summed E-state index contributed by atoms with van der Waals surface area (Å²) in [5.74, 6) is 0. The monoisotopic (exact) mass is 361 g/mol. The van der Waals surface area contributed by atoms with Crippen LogP contribution in [0.1, 0.15) is 31.4 Å². The Kier molecular flexibility index (Phi) is 8.80.